The van der Waals surface area contributed by atoms with Gasteiger partial charge in [-0.25, -0.2) is 0 Å². The van der Waals surface area contributed by atoms with E-state index < -0.39 is 11.9 Å². The van der Waals surface area contributed by atoms with Crippen molar-refractivity contribution in [2.24, 2.45) is 5.92 Å². The Kier molecular flexibility index (Phi) is 5.52. The Morgan fingerprint density at radius 1 is 1.31 bits per heavy atom. The van der Waals surface area contributed by atoms with Crippen LogP contribution in [0.3, 0.4) is 0 Å². The Balaban J connectivity index is 4.17. The van der Waals surface area contributed by atoms with E-state index in [-0.39, 0.29) is 5.92 Å². The third-order valence-corrected chi connectivity index (χ3v) is 1.48. The van der Waals surface area contributed by atoms with Gasteiger partial charge in [0.25, 0.3) is 0 Å². The molecule has 0 unspecified atom stereocenters. The summed E-state index contributed by atoms with van der Waals surface area (Å²) in [6.45, 7) is 8.24. The molecule has 3 heteroatoms. The maximum Gasteiger partial charge on any atom is 0.317 e. The molecular weight excluding hydrogens is 168 g/mol. The average molecular weight is 182 g/mol. The van der Waals surface area contributed by atoms with Crippen LogP contribution in [0.2, 0.25) is 0 Å². The molecule has 0 aromatic carbocycles. The van der Waals surface area contributed by atoms with Gasteiger partial charge in [-0.2, -0.15) is 0 Å². The van der Waals surface area contributed by atoms with Gasteiger partial charge in [0.15, 0.2) is 0 Å². The molecule has 0 spiro atoms. The van der Waals surface area contributed by atoms with Crippen molar-refractivity contribution in [3.63, 3.8) is 0 Å². The molecule has 0 aromatic heterocycles. The lowest BCUT2D eigenvalue weighted by Gasteiger charge is -2.09. The van der Waals surface area contributed by atoms with Crippen molar-refractivity contribution < 1.29 is 14.3 Å². The number of hydrogen-bond donors (Lipinski definition) is 0. The predicted octanol–water partition coefficient (Wildman–Crippen LogP) is 1.84. The summed E-state index contributed by atoms with van der Waals surface area (Å²) in [5, 5.41) is 0. The lowest BCUT2D eigenvalue weighted by molar-refractivity contribution is -0.161. The highest BCUT2D eigenvalue weighted by molar-refractivity contribution is 5.85. The molecule has 0 heterocycles. The van der Waals surface area contributed by atoms with Gasteiger partial charge in [0.1, 0.15) is 0 Å². The largest absolute Gasteiger partial charge is 0.393 e. The van der Waals surface area contributed by atoms with E-state index in [0.717, 1.165) is 0 Å². The fourth-order valence-electron chi connectivity index (χ4n) is 0.916. The van der Waals surface area contributed by atoms with E-state index in [1.54, 1.807) is 12.2 Å². The smallest absolute Gasteiger partial charge is 0.317 e. The predicted molar refractivity (Wildman–Crippen MR) is 49.9 cm³/mol. The minimum Gasteiger partial charge on any atom is -0.393 e. The Morgan fingerprint density at radius 3 is 2.08 bits per heavy atom. The molecule has 0 bridgehead atoms. The molecule has 3 nitrogen and oxygen atoms in total. The van der Waals surface area contributed by atoms with Gasteiger partial charge in [-0.3, -0.25) is 9.59 Å². The minimum atomic E-state index is -0.580. The summed E-state index contributed by atoms with van der Waals surface area (Å²) in [6, 6.07) is 0. The maximum atomic E-state index is 11.2. The standard InChI is InChI=1S/C10H14O3/c1-4-6-9(7-5-2)10(12)13-8(3)11/h4-5,9H,1-2,6-7H2,3H3. The first-order valence-corrected chi connectivity index (χ1v) is 4.05. The molecule has 0 aliphatic heterocycles. The van der Waals surface area contributed by atoms with Crippen LogP contribution in [0.15, 0.2) is 25.3 Å². The Labute approximate surface area is 78.1 Å². The van der Waals surface area contributed by atoms with E-state index in [4.69, 9.17) is 0 Å². The molecule has 72 valence electrons. The second-order valence-electron chi connectivity index (χ2n) is 2.66. The first kappa shape index (κ1) is 11.6. The number of rotatable bonds is 5. The molecule has 0 amide bonds. The van der Waals surface area contributed by atoms with Crippen molar-refractivity contribution in [3.8, 4) is 0 Å². The quantitative estimate of drug-likeness (QED) is 0.370. The zero-order chi connectivity index (χ0) is 10.3. The first-order valence-electron chi connectivity index (χ1n) is 4.05. The van der Waals surface area contributed by atoms with Gasteiger partial charge in [-0.15, -0.1) is 13.2 Å². The maximum absolute atomic E-state index is 11.2. The van der Waals surface area contributed by atoms with Crippen LogP contribution in [0.25, 0.3) is 0 Å². The van der Waals surface area contributed by atoms with Crippen LogP contribution in [0.4, 0.5) is 0 Å². The van der Waals surface area contributed by atoms with Crippen LogP contribution >= 0.6 is 0 Å². The van der Waals surface area contributed by atoms with E-state index in [1.165, 1.54) is 6.92 Å². The number of hydrogen-bond acceptors (Lipinski definition) is 3. The molecule has 0 rings (SSSR count). The van der Waals surface area contributed by atoms with Crippen LogP contribution < -0.4 is 0 Å². The summed E-state index contributed by atoms with van der Waals surface area (Å²) in [5.74, 6) is -1.42. The summed E-state index contributed by atoms with van der Waals surface area (Å²) in [4.78, 5) is 21.7. The zero-order valence-electron chi connectivity index (χ0n) is 7.79. The SMILES string of the molecule is C=CCC(CC=C)C(=O)OC(C)=O. The summed E-state index contributed by atoms with van der Waals surface area (Å²) in [7, 11) is 0. The van der Waals surface area contributed by atoms with Crippen LogP contribution in [-0.2, 0) is 14.3 Å². The number of carbonyl (C=O) groups is 2. The fourth-order valence-corrected chi connectivity index (χ4v) is 0.916. The van der Waals surface area contributed by atoms with E-state index in [1.807, 2.05) is 0 Å². The lowest BCUT2D eigenvalue weighted by Crippen LogP contribution is -2.19. The first-order chi connectivity index (χ1) is 6.11. The van der Waals surface area contributed by atoms with Gasteiger partial charge in [0, 0.05) is 6.92 Å². The third-order valence-electron chi connectivity index (χ3n) is 1.48. The van der Waals surface area contributed by atoms with Crippen LogP contribution in [0, 0.1) is 5.92 Å². The molecule has 0 atom stereocenters. The molecule has 0 saturated heterocycles. The van der Waals surface area contributed by atoms with E-state index in [0.29, 0.717) is 12.8 Å². The van der Waals surface area contributed by atoms with Gasteiger partial charge >= 0.3 is 11.9 Å². The number of ether oxygens (including phenoxy) is 1. The monoisotopic (exact) mass is 182 g/mol. The molecule has 0 saturated carbocycles. The van der Waals surface area contributed by atoms with Gasteiger partial charge in [-0.05, 0) is 12.8 Å². The highest BCUT2D eigenvalue weighted by Crippen LogP contribution is 2.11. The highest BCUT2D eigenvalue weighted by Gasteiger charge is 2.18. The summed E-state index contributed by atoms with van der Waals surface area (Å²) < 4.78 is 4.44. The number of carbonyl (C=O) groups excluding carboxylic acids is 2. The molecule has 0 aliphatic carbocycles. The normalized spacial score (nSPS) is 9.38. The van der Waals surface area contributed by atoms with Gasteiger partial charge < -0.3 is 4.74 Å². The minimum absolute atomic E-state index is 0.334. The van der Waals surface area contributed by atoms with Crippen molar-refractivity contribution in [1.82, 2.24) is 0 Å². The number of esters is 2. The summed E-state index contributed by atoms with van der Waals surface area (Å²) in [6.07, 6.45) is 4.24. The molecule has 13 heavy (non-hydrogen) atoms. The van der Waals surface area contributed by atoms with Crippen molar-refractivity contribution in [2.45, 2.75) is 19.8 Å². The number of allylic oxidation sites excluding steroid dienone is 2. The average Bonchev–Trinajstić information content (AvgIpc) is 2.02. The molecule has 0 radical (unpaired) electrons. The van der Waals surface area contributed by atoms with Crippen molar-refractivity contribution >= 4 is 11.9 Å². The fraction of sp³-hybridized carbons (Fsp3) is 0.400. The molecule has 0 fully saturated rings. The van der Waals surface area contributed by atoms with Gasteiger partial charge in [-0.1, -0.05) is 12.2 Å². The van der Waals surface area contributed by atoms with E-state index in [9.17, 15) is 9.59 Å². The summed E-state index contributed by atoms with van der Waals surface area (Å²) >= 11 is 0. The topological polar surface area (TPSA) is 43.4 Å². The Morgan fingerprint density at radius 2 is 1.77 bits per heavy atom. The summed E-state index contributed by atoms with van der Waals surface area (Å²) in [5.41, 5.74) is 0. The molecule has 0 aromatic rings. The van der Waals surface area contributed by atoms with Crippen molar-refractivity contribution in [1.29, 1.82) is 0 Å². The van der Waals surface area contributed by atoms with Crippen molar-refractivity contribution in [2.75, 3.05) is 0 Å². The van der Waals surface area contributed by atoms with E-state index >= 15 is 0 Å². The van der Waals surface area contributed by atoms with Gasteiger partial charge in [0.05, 0.1) is 5.92 Å². The van der Waals surface area contributed by atoms with Crippen LogP contribution in [-0.4, -0.2) is 11.9 Å². The molecular formula is C10H14O3. The Bertz CT molecular complexity index is 208. The molecule has 0 N–H and O–H groups in total. The van der Waals surface area contributed by atoms with E-state index in [2.05, 4.69) is 17.9 Å². The van der Waals surface area contributed by atoms with Crippen LogP contribution in [0.5, 0.6) is 0 Å². The van der Waals surface area contributed by atoms with Gasteiger partial charge in [0.2, 0.25) is 0 Å². The Hall–Kier alpha value is -1.38. The highest BCUT2D eigenvalue weighted by atomic mass is 16.6. The molecule has 0 aliphatic rings. The van der Waals surface area contributed by atoms with Crippen molar-refractivity contribution in [3.05, 3.63) is 25.3 Å². The third kappa shape index (κ3) is 4.95. The zero-order valence-corrected chi connectivity index (χ0v) is 7.79. The second kappa shape index (κ2) is 6.17. The second-order valence-corrected chi connectivity index (χ2v) is 2.66. The lowest BCUT2D eigenvalue weighted by atomic mass is 10.0. The van der Waals surface area contributed by atoms with Crippen LogP contribution in [0.1, 0.15) is 19.8 Å².